The van der Waals surface area contributed by atoms with Gasteiger partial charge in [0.15, 0.2) is 11.5 Å². The number of nitrogens with one attached hydrogen (secondary N) is 1. The fourth-order valence-corrected chi connectivity index (χ4v) is 4.36. The van der Waals surface area contributed by atoms with Crippen LogP contribution in [0.5, 0.6) is 11.5 Å². The molecule has 4 aromatic rings. The molecule has 5 rings (SSSR count). The lowest BCUT2D eigenvalue weighted by molar-refractivity contribution is -0.121. The summed E-state index contributed by atoms with van der Waals surface area (Å²) < 4.78 is 22.0. The Balaban J connectivity index is 1.34. The number of rotatable bonds is 5. The Morgan fingerprint density at radius 2 is 1.82 bits per heavy atom. The second kappa shape index (κ2) is 8.24. The maximum Gasteiger partial charge on any atom is 0.339 e. The van der Waals surface area contributed by atoms with Crippen molar-refractivity contribution < 1.29 is 23.1 Å². The highest BCUT2D eigenvalue weighted by atomic mass is 16.7. The summed E-state index contributed by atoms with van der Waals surface area (Å²) in [6.07, 6.45) is 2.25. The van der Waals surface area contributed by atoms with Gasteiger partial charge in [-0.3, -0.25) is 4.79 Å². The Kier molecular flexibility index (Phi) is 5.35. The molecule has 1 aliphatic heterocycles. The molecular formula is C27H27NO6. The number of hydrogen-bond acceptors (Lipinski definition) is 6. The number of fused-ring (bicyclic) bond motifs is 3. The minimum atomic E-state index is -0.421. The first-order valence-corrected chi connectivity index (χ1v) is 11.3. The molecule has 0 unspecified atom stereocenters. The largest absolute Gasteiger partial charge is 0.464 e. The zero-order valence-corrected chi connectivity index (χ0v) is 19.7. The monoisotopic (exact) mass is 461 g/mol. The van der Waals surface area contributed by atoms with Gasteiger partial charge in [-0.1, -0.05) is 26.8 Å². The van der Waals surface area contributed by atoms with E-state index in [9.17, 15) is 9.59 Å². The van der Waals surface area contributed by atoms with Crippen molar-refractivity contribution in [1.82, 2.24) is 5.32 Å². The van der Waals surface area contributed by atoms with Crippen LogP contribution in [0, 0.1) is 6.92 Å². The summed E-state index contributed by atoms with van der Waals surface area (Å²) in [7, 11) is 0. The maximum absolute atomic E-state index is 12.7. The average molecular weight is 462 g/mol. The third kappa shape index (κ3) is 4.02. The van der Waals surface area contributed by atoms with Crippen molar-refractivity contribution in [3.63, 3.8) is 0 Å². The lowest BCUT2D eigenvalue weighted by Gasteiger charge is -2.16. The summed E-state index contributed by atoms with van der Waals surface area (Å²) in [5.74, 6) is 1.24. The first-order valence-electron chi connectivity index (χ1n) is 11.3. The minimum absolute atomic E-state index is 0.0820. The van der Waals surface area contributed by atoms with Gasteiger partial charge in [-0.2, -0.15) is 0 Å². The van der Waals surface area contributed by atoms with E-state index in [1.165, 1.54) is 0 Å². The molecule has 0 aliphatic carbocycles. The molecule has 1 aliphatic rings. The number of furan rings is 1. The Morgan fingerprint density at radius 3 is 2.62 bits per heavy atom. The standard InChI is InChI=1S/C27H27NO6/c1-15-17(6-8-25(29)28-12-16-5-7-21-24(9-16)33-14-32-21)26(30)34-23-11-22-19(10-18(15)23)20(13-31-22)27(2,3)4/h5,7,9-11,13H,6,8,12,14H2,1-4H3,(H,28,29). The van der Waals surface area contributed by atoms with E-state index >= 15 is 0 Å². The molecule has 7 nitrogen and oxygen atoms in total. The van der Waals surface area contributed by atoms with E-state index in [0.717, 1.165) is 27.5 Å². The van der Waals surface area contributed by atoms with E-state index in [1.807, 2.05) is 31.2 Å². The molecule has 1 amide bonds. The van der Waals surface area contributed by atoms with Gasteiger partial charge in [0.2, 0.25) is 12.7 Å². The highest BCUT2D eigenvalue weighted by molar-refractivity contribution is 5.96. The number of benzene rings is 2. The number of carbonyl (C=O) groups is 1. The Morgan fingerprint density at radius 1 is 1.03 bits per heavy atom. The first kappa shape index (κ1) is 22.1. The van der Waals surface area contributed by atoms with Crippen molar-refractivity contribution in [1.29, 1.82) is 0 Å². The molecule has 2 aromatic carbocycles. The average Bonchev–Trinajstić information content (AvgIpc) is 3.42. The van der Waals surface area contributed by atoms with E-state index in [4.69, 9.17) is 18.3 Å². The molecule has 0 fully saturated rings. The normalized spacial score (nSPS) is 13.1. The van der Waals surface area contributed by atoms with Crippen LogP contribution in [0.15, 0.2) is 50.2 Å². The number of ether oxygens (including phenoxy) is 2. The quantitative estimate of drug-likeness (QED) is 0.415. The van der Waals surface area contributed by atoms with Crippen LogP contribution in [0.2, 0.25) is 0 Å². The van der Waals surface area contributed by atoms with E-state index < -0.39 is 5.63 Å². The third-order valence-corrected chi connectivity index (χ3v) is 6.32. The van der Waals surface area contributed by atoms with Gasteiger partial charge < -0.3 is 23.6 Å². The van der Waals surface area contributed by atoms with Gasteiger partial charge in [0.1, 0.15) is 11.2 Å². The topological polar surface area (TPSA) is 90.9 Å². The van der Waals surface area contributed by atoms with Crippen LogP contribution in [0.4, 0.5) is 0 Å². The fourth-order valence-electron chi connectivity index (χ4n) is 4.36. The molecule has 3 heterocycles. The van der Waals surface area contributed by atoms with Crippen molar-refractivity contribution >= 4 is 27.8 Å². The van der Waals surface area contributed by atoms with Crippen molar-refractivity contribution in [2.75, 3.05) is 6.79 Å². The summed E-state index contributed by atoms with van der Waals surface area (Å²) >= 11 is 0. The Labute approximate surface area is 196 Å². The Bertz CT molecular complexity index is 1470. The predicted molar refractivity (Wildman–Crippen MR) is 128 cm³/mol. The third-order valence-electron chi connectivity index (χ3n) is 6.32. The molecule has 0 atom stereocenters. The maximum atomic E-state index is 12.7. The van der Waals surface area contributed by atoms with Crippen LogP contribution in [0.1, 0.15) is 49.4 Å². The predicted octanol–water partition coefficient (Wildman–Crippen LogP) is 5.12. The summed E-state index contributed by atoms with van der Waals surface area (Å²) in [6, 6.07) is 9.37. The van der Waals surface area contributed by atoms with Gasteiger partial charge in [0.05, 0.1) is 6.26 Å². The van der Waals surface area contributed by atoms with Gasteiger partial charge in [0, 0.05) is 40.9 Å². The molecule has 34 heavy (non-hydrogen) atoms. The molecule has 0 bridgehead atoms. The van der Waals surface area contributed by atoms with Crippen LogP contribution in [0.25, 0.3) is 21.9 Å². The van der Waals surface area contributed by atoms with E-state index in [0.29, 0.717) is 41.2 Å². The van der Waals surface area contributed by atoms with Crippen LogP contribution in [0.3, 0.4) is 0 Å². The lowest BCUT2D eigenvalue weighted by atomic mass is 9.86. The molecule has 7 heteroatoms. The van der Waals surface area contributed by atoms with E-state index in [-0.39, 0.29) is 24.5 Å². The minimum Gasteiger partial charge on any atom is -0.464 e. The summed E-state index contributed by atoms with van der Waals surface area (Å²) in [5.41, 5.74) is 4.04. The zero-order valence-electron chi connectivity index (χ0n) is 19.7. The number of aryl methyl sites for hydroxylation is 1. The second-order valence-electron chi connectivity index (χ2n) is 9.70. The fraction of sp³-hybridized carbons (Fsp3) is 0.333. The summed E-state index contributed by atoms with van der Waals surface area (Å²) in [6.45, 7) is 8.88. The van der Waals surface area contributed by atoms with Crippen LogP contribution < -0.4 is 20.4 Å². The SMILES string of the molecule is Cc1c(CCC(=O)NCc2ccc3c(c2)OCO3)c(=O)oc2cc3occ(C(C)(C)C)c3cc12. The van der Waals surface area contributed by atoms with Gasteiger partial charge in [-0.05, 0) is 48.1 Å². The highest BCUT2D eigenvalue weighted by Crippen LogP contribution is 2.35. The molecule has 1 N–H and O–H groups in total. The van der Waals surface area contributed by atoms with Crippen molar-refractivity contribution in [3.05, 3.63) is 69.3 Å². The van der Waals surface area contributed by atoms with Gasteiger partial charge >= 0.3 is 5.63 Å². The van der Waals surface area contributed by atoms with Crippen LogP contribution in [-0.4, -0.2) is 12.7 Å². The van der Waals surface area contributed by atoms with Gasteiger partial charge in [0.25, 0.3) is 0 Å². The molecular weight excluding hydrogens is 434 g/mol. The molecule has 176 valence electrons. The summed E-state index contributed by atoms with van der Waals surface area (Å²) in [5, 5.41) is 4.76. The smallest absolute Gasteiger partial charge is 0.339 e. The van der Waals surface area contributed by atoms with E-state index in [2.05, 4.69) is 26.1 Å². The lowest BCUT2D eigenvalue weighted by Crippen LogP contribution is -2.24. The van der Waals surface area contributed by atoms with Crippen LogP contribution in [-0.2, 0) is 23.2 Å². The van der Waals surface area contributed by atoms with Gasteiger partial charge in [-0.25, -0.2) is 4.79 Å². The molecule has 2 aromatic heterocycles. The van der Waals surface area contributed by atoms with Crippen LogP contribution >= 0.6 is 0 Å². The molecule has 0 saturated carbocycles. The van der Waals surface area contributed by atoms with Gasteiger partial charge in [-0.15, -0.1) is 0 Å². The molecule has 0 radical (unpaired) electrons. The van der Waals surface area contributed by atoms with E-state index in [1.54, 1.807) is 12.3 Å². The second-order valence-corrected chi connectivity index (χ2v) is 9.70. The first-order chi connectivity index (χ1) is 16.2. The van der Waals surface area contributed by atoms with Crippen molar-refractivity contribution in [2.45, 2.75) is 52.5 Å². The molecule has 0 spiro atoms. The van der Waals surface area contributed by atoms with Crippen molar-refractivity contribution in [3.8, 4) is 11.5 Å². The highest BCUT2D eigenvalue weighted by Gasteiger charge is 2.22. The number of hydrogen-bond donors (Lipinski definition) is 1. The zero-order chi connectivity index (χ0) is 24.0. The molecule has 0 saturated heterocycles. The number of carbonyl (C=O) groups excluding carboxylic acids is 1. The van der Waals surface area contributed by atoms with Crippen molar-refractivity contribution in [2.24, 2.45) is 0 Å². The number of amides is 1. The Hall–Kier alpha value is -3.74. The summed E-state index contributed by atoms with van der Waals surface area (Å²) in [4.78, 5) is 25.2.